The number of hydrogen-bond acceptors (Lipinski definition) is 5. The second kappa shape index (κ2) is 17.2. The molecule has 0 amide bonds. The Kier molecular flexibility index (Phi) is 14.9. The summed E-state index contributed by atoms with van der Waals surface area (Å²) in [5.41, 5.74) is 0. The molecule has 0 bridgehead atoms. The monoisotopic (exact) mass is 464 g/mol. The van der Waals surface area contributed by atoms with Crippen molar-refractivity contribution in [3.63, 3.8) is 0 Å². The second-order valence-corrected chi connectivity index (χ2v) is 6.95. The predicted octanol–water partition coefficient (Wildman–Crippen LogP) is 0.372. The average Bonchev–Trinajstić information content (AvgIpc) is 2.74. The number of ether oxygens (including phenoxy) is 2. The zero-order chi connectivity index (χ0) is 25.0. The van der Waals surface area contributed by atoms with Crippen LogP contribution in [-0.2, 0) is 23.6 Å². The number of esters is 2. The highest BCUT2D eigenvalue weighted by atomic mass is 31.2. The lowest BCUT2D eigenvalue weighted by Gasteiger charge is -2.18. The van der Waals surface area contributed by atoms with Gasteiger partial charge in [-0.3, -0.25) is 9.36 Å². The third-order valence-electron chi connectivity index (χ3n) is 2.67. The Morgan fingerprint density at radius 2 is 1.27 bits per heavy atom. The second-order valence-electron chi connectivity index (χ2n) is 5.21. The fourth-order valence-electron chi connectivity index (χ4n) is 1.42. The molecule has 0 saturated carbocycles. The zero-order valence-corrected chi connectivity index (χ0v) is 18.2. The summed E-state index contributed by atoms with van der Waals surface area (Å²) in [6.07, 6.45) is -2.35. The first-order valence-electron chi connectivity index (χ1n) is 8.62. The molecule has 0 fully saturated rings. The van der Waals surface area contributed by atoms with Crippen molar-refractivity contribution in [1.29, 1.82) is 0 Å². The van der Waals surface area contributed by atoms with Crippen molar-refractivity contribution >= 4 is 19.5 Å². The Bertz CT molecular complexity index is 1300. The van der Waals surface area contributed by atoms with E-state index in [0.717, 1.165) is 6.92 Å². The van der Waals surface area contributed by atoms with Crippen molar-refractivity contribution in [2.75, 3.05) is 6.61 Å². The molecule has 0 heterocycles. The number of carbonyl (C=O) groups is 2. The Morgan fingerprint density at radius 3 is 1.67 bits per heavy atom. The maximum absolute atomic E-state index is 13.5. The molecule has 2 atom stereocenters. The van der Waals surface area contributed by atoms with Crippen LogP contribution < -0.4 is 0 Å². The first kappa shape index (κ1) is 28.5. The van der Waals surface area contributed by atoms with Crippen molar-refractivity contribution in [3.8, 4) is 94.7 Å². The number of carbonyl (C=O) groups excluding carboxylic acids is 2. The highest BCUT2D eigenvalue weighted by molar-refractivity contribution is 7.52. The maximum atomic E-state index is 13.5. The maximum Gasteiger partial charge on any atom is 0.385 e. The van der Waals surface area contributed by atoms with Crippen molar-refractivity contribution in [1.82, 2.24) is 0 Å². The summed E-state index contributed by atoms with van der Waals surface area (Å²) < 4.78 is 33.8. The molecule has 0 aromatic rings. The van der Waals surface area contributed by atoms with Crippen LogP contribution >= 0.6 is 7.60 Å². The first-order chi connectivity index (χ1) is 15.7. The van der Waals surface area contributed by atoms with Gasteiger partial charge in [0.2, 0.25) is 5.91 Å². The Hall–Kier alpha value is -4.50. The van der Waals surface area contributed by atoms with Gasteiger partial charge in [0.15, 0.2) is 0 Å². The molecule has 7 nitrogen and oxygen atoms in total. The lowest BCUT2D eigenvalue weighted by atomic mass is 10.3. The van der Waals surface area contributed by atoms with Crippen LogP contribution in [0.15, 0.2) is 0 Å². The van der Waals surface area contributed by atoms with Gasteiger partial charge in [-0.2, -0.15) is 0 Å². The van der Waals surface area contributed by atoms with Crippen LogP contribution in [-0.4, -0.2) is 40.3 Å². The molecule has 0 aliphatic heterocycles. The molecule has 0 rings (SSSR count). The minimum atomic E-state index is -5.06. The van der Waals surface area contributed by atoms with Gasteiger partial charge in [0.1, 0.15) is 12.7 Å². The quantitative estimate of drug-likeness (QED) is 0.253. The summed E-state index contributed by atoms with van der Waals surface area (Å²) in [7, 11) is -5.06. The Labute approximate surface area is 191 Å². The van der Waals surface area contributed by atoms with Gasteiger partial charge in [-0.15, -0.1) is 0 Å². The van der Waals surface area contributed by atoms with E-state index >= 15 is 0 Å². The van der Waals surface area contributed by atoms with Gasteiger partial charge in [0.05, 0.1) is 0 Å². The molecule has 0 radical (unpaired) electrons. The number of rotatable bonds is 6. The van der Waals surface area contributed by atoms with Gasteiger partial charge < -0.3 is 19.3 Å². The minimum Gasteiger partial charge on any atom is -0.462 e. The zero-order valence-electron chi connectivity index (χ0n) is 17.3. The van der Waals surface area contributed by atoms with Crippen molar-refractivity contribution in [3.05, 3.63) is 0 Å². The molecule has 0 aliphatic carbocycles. The van der Waals surface area contributed by atoms with E-state index in [4.69, 9.17) is 14.5 Å². The van der Waals surface area contributed by atoms with E-state index in [1.165, 1.54) is 0 Å². The molecule has 33 heavy (non-hydrogen) atoms. The largest absolute Gasteiger partial charge is 0.462 e. The molecule has 0 aromatic carbocycles. The van der Waals surface area contributed by atoms with Crippen LogP contribution in [0.5, 0.6) is 0 Å². The molecule has 0 spiro atoms. The van der Waals surface area contributed by atoms with Crippen LogP contribution in [0.4, 0.5) is 4.39 Å². The van der Waals surface area contributed by atoms with E-state index < -0.39 is 44.6 Å². The average molecular weight is 464 g/mol. The molecule has 2 N–H and O–H groups in total. The standard InChI is InChI=1S/C24H14FO7P/c1-3-4-5-6-7-8-9-10-11-12-13-14-15-16-17-18-24(27)32-22(20-31-21(2)26)19-23(25)33(28,29)30/h22-23H,19-20H2,1-2H3,(H2,28,29,30)/t22-,23?/m0/s1. The van der Waals surface area contributed by atoms with E-state index in [-0.39, 0.29) is 0 Å². The van der Waals surface area contributed by atoms with Crippen LogP contribution in [0, 0.1) is 94.7 Å². The van der Waals surface area contributed by atoms with Crippen molar-refractivity contribution < 1.29 is 37.8 Å². The number of alkyl halides is 1. The minimum absolute atomic E-state index is 0.603. The lowest BCUT2D eigenvalue weighted by Crippen LogP contribution is -2.27. The van der Waals surface area contributed by atoms with E-state index in [9.17, 15) is 18.5 Å². The third-order valence-corrected chi connectivity index (χ3v) is 3.61. The molecule has 0 aliphatic rings. The topological polar surface area (TPSA) is 110 Å². The fraction of sp³-hybridized carbons (Fsp3) is 0.250. The smallest absolute Gasteiger partial charge is 0.385 e. The highest BCUT2D eigenvalue weighted by Gasteiger charge is 2.33. The molecular formula is C24H14FO7P. The van der Waals surface area contributed by atoms with E-state index in [1.54, 1.807) is 6.92 Å². The summed E-state index contributed by atoms with van der Waals surface area (Å²) >= 11 is 0. The fourth-order valence-corrected chi connectivity index (χ4v) is 1.93. The van der Waals surface area contributed by atoms with Gasteiger partial charge in [0, 0.05) is 19.3 Å². The van der Waals surface area contributed by atoms with Crippen LogP contribution in [0.25, 0.3) is 0 Å². The van der Waals surface area contributed by atoms with Crippen LogP contribution in [0.3, 0.4) is 0 Å². The first-order valence-corrected chi connectivity index (χ1v) is 10.3. The molecule has 164 valence electrons. The van der Waals surface area contributed by atoms with Gasteiger partial charge in [-0.1, -0.05) is 5.92 Å². The molecule has 0 saturated heterocycles. The van der Waals surface area contributed by atoms with Crippen molar-refractivity contribution in [2.24, 2.45) is 0 Å². The predicted molar refractivity (Wildman–Crippen MR) is 116 cm³/mol. The van der Waals surface area contributed by atoms with Gasteiger partial charge in [-0.05, 0) is 89.8 Å². The molecule has 0 aromatic heterocycles. The summed E-state index contributed by atoms with van der Waals surface area (Å²) in [6.45, 7) is 2.10. The molecular weight excluding hydrogens is 450 g/mol. The van der Waals surface area contributed by atoms with Gasteiger partial charge in [-0.25, -0.2) is 9.18 Å². The Morgan fingerprint density at radius 1 is 0.848 bits per heavy atom. The van der Waals surface area contributed by atoms with E-state index in [1.807, 2.05) is 5.92 Å². The summed E-state index contributed by atoms with van der Waals surface area (Å²) in [5, 5.41) is 0. The van der Waals surface area contributed by atoms with E-state index in [0.29, 0.717) is 0 Å². The summed E-state index contributed by atoms with van der Waals surface area (Å²) in [6, 6.07) is 0. The SMILES string of the molecule is CC#CC#CC#CC#CC#CC#CC#CC#CC(=O)O[C@H](COC(C)=O)CC(F)P(=O)(O)O. The molecule has 9 heteroatoms. The van der Waals surface area contributed by atoms with Gasteiger partial charge >= 0.3 is 19.5 Å². The summed E-state index contributed by atoms with van der Waals surface area (Å²) in [5.74, 6) is 33.3. The number of hydrogen-bond donors (Lipinski definition) is 2. The van der Waals surface area contributed by atoms with Crippen LogP contribution in [0.1, 0.15) is 20.3 Å². The van der Waals surface area contributed by atoms with Crippen LogP contribution in [0.2, 0.25) is 0 Å². The van der Waals surface area contributed by atoms with E-state index in [2.05, 4.69) is 93.5 Å². The highest BCUT2D eigenvalue weighted by Crippen LogP contribution is 2.44. The van der Waals surface area contributed by atoms with Gasteiger partial charge in [0.25, 0.3) is 0 Å². The normalized spacial score (nSPS) is 9.61. The lowest BCUT2D eigenvalue weighted by molar-refractivity contribution is -0.154. The Balaban J connectivity index is 4.83. The third kappa shape index (κ3) is 18.0. The number of halogens is 1. The molecule has 1 unspecified atom stereocenters. The van der Waals surface area contributed by atoms with Crippen molar-refractivity contribution in [2.45, 2.75) is 32.3 Å². The summed E-state index contributed by atoms with van der Waals surface area (Å²) in [4.78, 5) is 40.1.